The Kier molecular flexibility index (Phi) is 2.30. The second-order valence-electron chi connectivity index (χ2n) is 1.56. The molecular formula is C5H7F2NO. The zero-order valence-corrected chi connectivity index (χ0v) is 4.73. The highest BCUT2D eigenvalue weighted by Crippen LogP contribution is 2.16. The molecule has 0 saturated carbocycles. The van der Waals surface area contributed by atoms with Gasteiger partial charge >= 0.3 is 5.92 Å². The van der Waals surface area contributed by atoms with Gasteiger partial charge in [-0.15, -0.1) is 6.58 Å². The molecule has 0 heterocycles. The van der Waals surface area contributed by atoms with E-state index in [0.717, 1.165) is 6.08 Å². The van der Waals surface area contributed by atoms with Gasteiger partial charge in [0, 0.05) is 6.42 Å². The number of primary amides is 1. The van der Waals surface area contributed by atoms with E-state index in [9.17, 15) is 13.6 Å². The highest BCUT2D eigenvalue weighted by Gasteiger charge is 2.34. The third-order valence-electron chi connectivity index (χ3n) is 0.761. The fourth-order valence-corrected chi connectivity index (χ4v) is 0.282. The molecule has 0 aromatic rings. The number of allylic oxidation sites excluding steroid dienone is 1. The highest BCUT2D eigenvalue weighted by atomic mass is 19.3. The lowest BCUT2D eigenvalue weighted by Crippen LogP contribution is -2.34. The molecule has 4 heteroatoms. The Morgan fingerprint density at radius 2 is 2.22 bits per heavy atom. The monoisotopic (exact) mass is 135 g/mol. The van der Waals surface area contributed by atoms with Crippen LogP contribution in [-0.2, 0) is 4.79 Å². The lowest BCUT2D eigenvalue weighted by molar-refractivity contribution is -0.141. The molecule has 2 N–H and O–H groups in total. The molecule has 1 amide bonds. The second kappa shape index (κ2) is 2.57. The first-order valence-corrected chi connectivity index (χ1v) is 2.29. The summed E-state index contributed by atoms with van der Waals surface area (Å²) in [6, 6.07) is 0. The summed E-state index contributed by atoms with van der Waals surface area (Å²) in [7, 11) is 0. The number of carbonyl (C=O) groups excluding carboxylic acids is 1. The van der Waals surface area contributed by atoms with Crippen LogP contribution in [0.25, 0.3) is 0 Å². The molecule has 0 fully saturated rings. The highest BCUT2D eigenvalue weighted by molar-refractivity contribution is 5.81. The predicted molar refractivity (Wildman–Crippen MR) is 29.0 cm³/mol. The van der Waals surface area contributed by atoms with Gasteiger partial charge in [0.1, 0.15) is 0 Å². The number of carbonyl (C=O) groups is 1. The van der Waals surface area contributed by atoms with Crippen LogP contribution in [0.2, 0.25) is 0 Å². The molecule has 0 aliphatic carbocycles. The van der Waals surface area contributed by atoms with Crippen LogP contribution in [0.3, 0.4) is 0 Å². The summed E-state index contributed by atoms with van der Waals surface area (Å²) in [5, 5.41) is 0. The van der Waals surface area contributed by atoms with E-state index in [2.05, 4.69) is 12.3 Å². The van der Waals surface area contributed by atoms with Crippen molar-refractivity contribution in [3.8, 4) is 0 Å². The number of hydrogen-bond acceptors (Lipinski definition) is 1. The summed E-state index contributed by atoms with van der Waals surface area (Å²) in [5.74, 6) is -5.04. The van der Waals surface area contributed by atoms with Gasteiger partial charge < -0.3 is 5.73 Å². The molecule has 0 atom stereocenters. The van der Waals surface area contributed by atoms with E-state index >= 15 is 0 Å². The van der Waals surface area contributed by atoms with Gasteiger partial charge in [0.05, 0.1) is 0 Å². The fraction of sp³-hybridized carbons (Fsp3) is 0.400. The third kappa shape index (κ3) is 2.21. The minimum absolute atomic E-state index is 0.692. The van der Waals surface area contributed by atoms with Crippen LogP contribution in [0.5, 0.6) is 0 Å². The average molecular weight is 135 g/mol. The van der Waals surface area contributed by atoms with Crippen LogP contribution in [0.1, 0.15) is 6.42 Å². The summed E-state index contributed by atoms with van der Waals surface area (Å²) >= 11 is 0. The van der Waals surface area contributed by atoms with Crippen molar-refractivity contribution in [2.45, 2.75) is 12.3 Å². The maximum absolute atomic E-state index is 12.0. The van der Waals surface area contributed by atoms with Gasteiger partial charge in [-0.1, -0.05) is 6.08 Å². The van der Waals surface area contributed by atoms with Crippen molar-refractivity contribution in [3.63, 3.8) is 0 Å². The Morgan fingerprint density at radius 1 is 1.78 bits per heavy atom. The van der Waals surface area contributed by atoms with E-state index in [1.165, 1.54) is 0 Å². The first-order valence-electron chi connectivity index (χ1n) is 2.29. The second-order valence-corrected chi connectivity index (χ2v) is 1.56. The molecule has 0 spiro atoms. The van der Waals surface area contributed by atoms with Crippen molar-refractivity contribution >= 4 is 5.91 Å². The van der Waals surface area contributed by atoms with E-state index in [1.54, 1.807) is 0 Å². The van der Waals surface area contributed by atoms with Gasteiger partial charge in [-0.05, 0) is 0 Å². The largest absolute Gasteiger partial charge is 0.364 e. The van der Waals surface area contributed by atoms with Crippen molar-refractivity contribution in [3.05, 3.63) is 12.7 Å². The molecule has 0 bridgehead atoms. The molecule has 0 aliphatic rings. The molecule has 0 unspecified atom stereocenters. The molecule has 0 rings (SSSR count). The van der Waals surface area contributed by atoms with Crippen LogP contribution in [0.4, 0.5) is 8.78 Å². The van der Waals surface area contributed by atoms with Gasteiger partial charge in [-0.2, -0.15) is 8.78 Å². The molecule has 9 heavy (non-hydrogen) atoms. The maximum Gasteiger partial charge on any atom is 0.327 e. The molecule has 0 radical (unpaired) electrons. The summed E-state index contributed by atoms with van der Waals surface area (Å²) in [5.41, 5.74) is 4.32. The Balaban J connectivity index is 4.00. The van der Waals surface area contributed by atoms with Crippen molar-refractivity contribution < 1.29 is 13.6 Å². The summed E-state index contributed by atoms with van der Waals surface area (Å²) in [6.07, 6.45) is 0.257. The minimum atomic E-state index is -3.43. The number of amides is 1. The molecule has 2 nitrogen and oxygen atoms in total. The van der Waals surface area contributed by atoms with E-state index < -0.39 is 18.3 Å². The van der Waals surface area contributed by atoms with E-state index in [4.69, 9.17) is 0 Å². The Hall–Kier alpha value is -0.930. The van der Waals surface area contributed by atoms with Crippen molar-refractivity contribution in [1.82, 2.24) is 0 Å². The van der Waals surface area contributed by atoms with Gasteiger partial charge in [0.15, 0.2) is 0 Å². The zero-order chi connectivity index (χ0) is 7.49. The molecule has 0 saturated heterocycles. The van der Waals surface area contributed by atoms with Crippen molar-refractivity contribution in [2.75, 3.05) is 0 Å². The summed E-state index contributed by atoms with van der Waals surface area (Å²) < 4.78 is 24.0. The molecule has 0 aromatic heterocycles. The Morgan fingerprint density at radius 3 is 2.33 bits per heavy atom. The lowest BCUT2D eigenvalue weighted by Gasteiger charge is -2.07. The first kappa shape index (κ1) is 8.07. The van der Waals surface area contributed by atoms with Gasteiger partial charge in [0.2, 0.25) is 0 Å². The molecule has 0 aromatic carbocycles. The standard InChI is InChI=1S/C5H7F2NO/c1-2-3-5(6,7)4(8)9/h2H,1,3H2,(H2,8,9). The third-order valence-corrected chi connectivity index (χ3v) is 0.761. The zero-order valence-electron chi connectivity index (χ0n) is 4.73. The van der Waals surface area contributed by atoms with Crippen LogP contribution in [0.15, 0.2) is 12.7 Å². The van der Waals surface area contributed by atoms with E-state index in [0.29, 0.717) is 0 Å². The number of halogens is 2. The van der Waals surface area contributed by atoms with Crippen molar-refractivity contribution in [1.29, 1.82) is 0 Å². The molecule has 0 aliphatic heterocycles. The van der Waals surface area contributed by atoms with Crippen molar-refractivity contribution in [2.24, 2.45) is 5.73 Å². The van der Waals surface area contributed by atoms with Gasteiger partial charge in [-0.25, -0.2) is 0 Å². The summed E-state index contributed by atoms with van der Waals surface area (Å²) in [4.78, 5) is 9.84. The van der Waals surface area contributed by atoms with E-state index in [1.807, 2.05) is 0 Å². The average Bonchev–Trinajstić information content (AvgIpc) is 1.65. The number of rotatable bonds is 3. The summed E-state index contributed by atoms with van der Waals surface area (Å²) in [6.45, 7) is 3.04. The van der Waals surface area contributed by atoms with Gasteiger partial charge in [-0.3, -0.25) is 4.79 Å². The quantitative estimate of drug-likeness (QED) is 0.568. The first-order chi connectivity index (χ1) is 4.00. The van der Waals surface area contributed by atoms with Crippen LogP contribution >= 0.6 is 0 Å². The maximum atomic E-state index is 12.0. The predicted octanol–water partition coefficient (Wildman–Crippen LogP) is 0.683. The normalized spacial score (nSPS) is 10.9. The number of alkyl halides is 2. The topological polar surface area (TPSA) is 43.1 Å². The number of hydrogen-bond donors (Lipinski definition) is 1. The minimum Gasteiger partial charge on any atom is -0.364 e. The van der Waals surface area contributed by atoms with Gasteiger partial charge in [0.25, 0.3) is 5.91 Å². The van der Waals surface area contributed by atoms with Crippen LogP contribution in [-0.4, -0.2) is 11.8 Å². The number of nitrogens with two attached hydrogens (primary N) is 1. The molecule has 52 valence electrons. The lowest BCUT2D eigenvalue weighted by atomic mass is 10.2. The van der Waals surface area contributed by atoms with Crippen LogP contribution < -0.4 is 5.73 Å². The smallest absolute Gasteiger partial charge is 0.327 e. The molecular weight excluding hydrogens is 128 g/mol. The van der Waals surface area contributed by atoms with E-state index in [-0.39, 0.29) is 0 Å². The van der Waals surface area contributed by atoms with Crippen LogP contribution in [0, 0.1) is 0 Å². The Bertz CT molecular complexity index is 133. The SMILES string of the molecule is C=CCC(F)(F)C(N)=O. The Labute approximate surface area is 51.3 Å². The fourth-order valence-electron chi connectivity index (χ4n) is 0.282.